The van der Waals surface area contributed by atoms with Gasteiger partial charge in [0.25, 0.3) is 0 Å². The van der Waals surface area contributed by atoms with E-state index in [4.69, 9.17) is 0 Å². The van der Waals surface area contributed by atoms with Crippen molar-refractivity contribution in [2.45, 2.75) is 38.6 Å². The van der Waals surface area contributed by atoms with Gasteiger partial charge < -0.3 is 0 Å². The van der Waals surface area contributed by atoms with Gasteiger partial charge in [-0.2, -0.15) is 0 Å². The van der Waals surface area contributed by atoms with Gasteiger partial charge in [0.15, 0.2) is 0 Å². The number of piperidine rings is 1. The first-order valence-electron chi connectivity index (χ1n) is 5.66. The summed E-state index contributed by atoms with van der Waals surface area (Å²) in [5.41, 5.74) is 0. The summed E-state index contributed by atoms with van der Waals surface area (Å²) in [5, 5.41) is 0. The van der Waals surface area contributed by atoms with Gasteiger partial charge in [-0.3, -0.25) is 4.90 Å². The van der Waals surface area contributed by atoms with E-state index in [1.807, 2.05) is 0 Å². The zero-order valence-electron chi connectivity index (χ0n) is 8.71. The van der Waals surface area contributed by atoms with Crippen LogP contribution in [-0.2, 0) is 0 Å². The van der Waals surface area contributed by atoms with Crippen molar-refractivity contribution in [2.75, 3.05) is 13.1 Å². The second kappa shape index (κ2) is 3.83. The molecule has 1 heteroatoms. The Hall–Kier alpha value is -0.300. The lowest BCUT2D eigenvalue weighted by Gasteiger charge is -2.43. The van der Waals surface area contributed by atoms with Crippen molar-refractivity contribution >= 4 is 0 Å². The summed E-state index contributed by atoms with van der Waals surface area (Å²) in [6.45, 7) is 8.81. The molecule has 0 aromatic heterocycles. The maximum atomic E-state index is 3.89. The monoisotopic (exact) mass is 179 g/mol. The lowest BCUT2D eigenvalue weighted by Crippen LogP contribution is -2.46. The second-order valence-electron chi connectivity index (χ2n) is 4.83. The van der Waals surface area contributed by atoms with Crippen LogP contribution in [0.2, 0.25) is 0 Å². The Morgan fingerprint density at radius 2 is 1.92 bits per heavy atom. The molecule has 2 rings (SSSR count). The van der Waals surface area contributed by atoms with Gasteiger partial charge in [0.2, 0.25) is 0 Å². The molecule has 0 amide bonds. The Kier molecular flexibility index (Phi) is 2.73. The largest absolute Gasteiger partial charge is 0.297 e. The van der Waals surface area contributed by atoms with Crippen LogP contribution >= 0.6 is 0 Å². The topological polar surface area (TPSA) is 3.24 Å². The predicted octanol–water partition coefficient (Wildman–Crippen LogP) is 2.68. The molecule has 2 fully saturated rings. The van der Waals surface area contributed by atoms with E-state index in [1.54, 1.807) is 0 Å². The number of likely N-dealkylation sites (tertiary alicyclic amines) is 1. The summed E-state index contributed by atoms with van der Waals surface area (Å²) in [6, 6.07) is 0.586. The molecule has 1 saturated carbocycles. The van der Waals surface area contributed by atoms with Crippen molar-refractivity contribution < 1.29 is 0 Å². The summed E-state index contributed by atoms with van der Waals surface area (Å²) >= 11 is 0. The molecular formula is C12H21N. The van der Waals surface area contributed by atoms with Gasteiger partial charge in [-0.15, -0.1) is 6.58 Å². The molecule has 1 aliphatic carbocycles. The van der Waals surface area contributed by atoms with E-state index in [2.05, 4.69) is 24.5 Å². The number of nitrogens with zero attached hydrogens (tertiary/aromatic N) is 1. The Labute approximate surface area is 81.8 Å². The fourth-order valence-corrected chi connectivity index (χ4v) is 2.95. The minimum absolute atomic E-state index is 0.586. The van der Waals surface area contributed by atoms with Crippen molar-refractivity contribution in [1.29, 1.82) is 0 Å². The first-order chi connectivity index (χ1) is 6.29. The van der Waals surface area contributed by atoms with E-state index in [9.17, 15) is 0 Å². The molecular weight excluding hydrogens is 158 g/mol. The maximum Gasteiger partial charge on any atom is 0.0247 e. The Morgan fingerprint density at radius 3 is 2.46 bits per heavy atom. The molecule has 1 heterocycles. The summed E-state index contributed by atoms with van der Waals surface area (Å²) in [7, 11) is 0. The SMILES string of the molecule is C=CC(C)N1CC2CCCC(C2)C1. The van der Waals surface area contributed by atoms with Crippen molar-refractivity contribution in [1.82, 2.24) is 4.90 Å². The zero-order valence-corrected chi connectivity index (χ0v) is 8.71. The summed E-state index contributed by atoms with van der Waals surface area (Å²) in [4.78, 5) is 2.62. The minimum Gasteiger partial charge on any atom is -0.297 e. The molecule has 2 bridgehead atoms. The number of hydrogen-bond donors (Lipinski definition) is 0. The molecule has 0 aromatic rings. The Morgan fingerprint density at radius 1 is 1.31 bits per heavy atom. The van der Waals surface area contributed by atoms with Crippen LogP contribution in [0.1, 0.15) is 32.6 Å². The molecule has 1 saturated heterocycles. The molecule has 1 aliphatic heterocycles. The molecule has 0 N–H and O–H groups in total. The van der Waals surface area contributed by atoms with Gasteiger partial charge >= 0.3 is 0 Å². The van der Waals surface area contributed by atoms with Crippen LogP contribution in [-0.4, -0.2) is 24.0 Å². The van der Waals surface area contributed by atoms with E-state index in [0.717, 1.165) is 11.8 Å². The van der Waals surface area contributed by atoms with E-state index in [1.165, 1.54) is 38.8 Å². The molecule has 0 aromatic carbocycles. The number of hydrogen-bond acceptors (Lipinski definition) is 1. The van der Waals surface area contributed by atoms with Gasteiger partial charge in [0.05, 0.1) is 0 Å². The smallest absolute Gasteiger partial charge is 0.0247 e. The molecule has 1 nitrogen and oxygen atoms in total. The molecule has 3 unspecified atom stereocenters. The van der Waals surface area contributed by atoms with Crippen molar-refractivity contribution in [2.24, 2.45) is 11.8 Å². The molecule has 74 valence electrons. The van der Waals surface area contributed by atoms with Crippen LogP contribution in [0.5, 0.6) is 0 Å². The van der Waals surface area contributed by atoms with Gasteiger partial charge in [-0.25, -0.2) is 0 Å². The number of fused-ring (bicyclic) bond motifs is 2. The molecule has 3 atom stereocenters. The second-order valence-corrected chi connectivity index (χ2v) is 4.83. The standard InChI is InChI=1S/C12H21N/c1-3-10(2)13-8-11-5-4-6-12(7-11)9-13/h3,10-12H,1,4-9H2,2H3. The van der Waals surface area contributed by atoms with Crippen LogP contribution in [0.4, 0.5) is 0 Å². The van der Waals surface area contributed by atoms with Gasteiger partial charge in [0.1, 0.15) is 0 Å². The predicted molar refractivity (Wildman–Crippen MR) is 56.7 cm³/mol. The van der Waals surface area contributed by atoms with Gasteiger partial charge in [-0.1, -0.05) is 12.5 Å². The maximum absolute atomic E-state index is 3.89. The quantitative estimate of drug-likeness (QED) is 0.589. The minimum atomic E-state index is 0.586. The molecule has 0 spiro atoms. The average Bonchev–Trinajstić information content (AvgIpc) is 2.16. The fraction of sp³-hybridized carbons (Fsp3) is 0.833. The fourth-order valence-electron chi connectivity index (χ4n) is 2.95. The first-order valence-corrected chi connectivity index (χ1v) is 5.66. The lowest BCUT2D eigenvalue weighted by molar-refractivity contribution is 0.0720. The van der Waals surface area contributed by atoms with Crippen molar-refractivity contribution in [3.05, 3.63) is 12.7 Å². The van der Waals surface area contributed by atoms with Crippen LogP contribution in [0, 0.1) is 11.8 Å². The third-order valence-electron chi connectivity index (χ3n) is 3.79. The highest BCUT2D eigenvalue weighted by Gasteiger charge is 2.31. The normalized spacial score (nSPS) is 37.0. The van der Waals surface area contributed by atoms with Crippen LogP contribution in [0.15, 0.2) is 12.7 Å². The van der Waals surface area contributed by atoms with Crippen molar-refractivity contribution in [3.8, 4) is 0 Å². The highest BCUT2D eigenvalue weighted by Crippen LogP contribution is 2.34. The molecule has 2 aliphatic rings. The molecule has 0 radical (unpaired) electrons. The summed E-state index contributed by atoms with van der Waals surface area (Å²) in [5.74, 6) is 1.99. The van der Waals surface area contributed by atoms with Crippen LogP contribution in [0.25, 0.3) is 0 Å². The zero-order chi connectivity index (χ0) is 9.26. The van der Waals surface area contributed by atoms with Gasteiger partial charge in [-0.05, 0) is 38.0 Å². The summed E-state index contributed by atoms with van der Waals surface area (Å²) in [6.07, 6.45) is 8.00. The van der Waals surface area contributed by atoms with Gasteiger partial charge in [0, 0.05) is 19.1 Å². The number of rotatable bonds is 2. The van der Waals surface area contributed by atoms with Crippen molar-refractivity contribution in [3.63, 3.8) is 0 Å². The van der Waals surface area contributed by atoms with E-state index < -0.39 is 0 Å². The highest BCUT2D eigenvalue weighted by atomic mass is 15.2. The average molecular weight is 179 g/mol. The Bertz CT molecular complexity index is 176. The van der Waals surface area contributed by atoms with E-state index in [-0.39, 0.29) is 0 Å². The van der Waals surface area contributed by atoms with Crippen LogP contribution < -0.4 is 0 Å². The first kappa shape index (κ1) is 9.26. The third kappa shape index (κ3) is 1.96. The summed E-state index contributed by atoms with van der Waals surface area (Å²) < 4.78 is 0. The van der Waals surface area contributed by atoms with Crippen LogP contribution in [0.3, 0.4) is 0 Å². The Balaban J connectivity index is 1.97. The van der Waals surface area contributed by atoms with E-state index in [0.29, 0.717) is 6.04 Å². The lowest BCUT2D eigenvalue weighted by atomic mass is 9.77. The highest BCUT2D eigenvalue weighted by molar-refractivity contribution is 4.91. The molecule has 13 heavy (non-hydrogen) atoms. The third-order valence-corrected chi connectivity index (χ3v) is 3.79. The van der Waals surface area contributed by atoms with E-state index >= 15 is 0 Å².